The first-order valence-corrected chi connectivity index (χ1v) is 9.98. The van der Waals surface area contributed by atoms with Gasteiger partial charge in [-0.2, -0.15) is 5.10 Å². The fraction of sp³-hybridized carbons (Fsp3) is 0.160. The van der Waals surface area contributed by atoms with Crippen LogP contribution < -0.4 is 0 Å². The summed E-state index contributed by atoms with van der Waals surface area (Å²) < 4.78 is 4.19. The Bertz CT molecular complexity index is 1360. The van der Waals surface area contributed by atoms with E-state index >= 15 is 0 Å². The van der Waals surface area contributed by atoms with Crippen molar-refractivity contribution < 1.29 is 20.1 Å². The minimum atomic E-state index is 0. The maximum atomic E-state index is 4.79. The Morgan fingerprint density at radius 1 is 0.903 bits per heavy atom. The molecule has 6 heteroatoms. The molecule has 0 aliphatic rings. The van der Waals surface area contributed by atoms with Crippen molar-refractivity contribution in [2.24, 2.45) is 0 Å². The molecule has 0 unspecified atom stereocenters. The fourth-order valence-corrected chi connectivity index (χ4v) is 4.31. The molecule has 5 nitrogen and oxygen atoms in total. The topological polar surface area (TPSA) is 48.5 Å². The van der Waals surface area contributed by atoms with Crippen LogP contribution in [0, 0.1) is 33.8 Å². The molecule has 31 heavy (non-hydrogen) atoms. The van der Waals surface area contributed by atoms with Crippen molar-refractivity contribution >= 4 is 11.0 Å². The molecule has 0 spiro atoms. The summed E-state index contributed by atoms with van der Waals surface area (Å²) in [4.78, 5) is 4.79. The molecule has 0 atom stereocenters. The van der Waals surface area contributed by atoms with Crippen LogP contribution in [0.1, 0.15) is 22.5 Å². The van der Waals surface area contributed by atoms with Gasteiger partial charge in [0.15, 0.2) is 0 Å². The van der Waals surface area contributed by atoms with E-state index < -0.39 is 0 Å². The quantitative estimate of drug-likeness (QED) is 0.271. The van der Waals surface area contributed by atoms with Crippen molar-refractivity contribution in [1.29, 1.82) is 0 Å². The molecule has 2 aromatic heterocycles. The standard InChI is InChI=1S/C25H22N5.Ir/c1-16-12-17(2)24(18(3)13-16)29-15-26-28-25(29)20-10-11-23-22(14-20)27-19(4)30(23)21-8-6-5-7-9-21;/h5-9,11-15H,1-4H3;/q-1;. The smallest absolute Gasteiger partial charge is 0.114 e. The van der Waals surface area contributed by atoms with Gasteiger partial charge in [-0.25, -0.2) is 0 Å². The van der Waals surface area contributed by atoms with Gasteiger partial charge in [0.1, 0.15) is 12.2 Å². The molecule has 2 heterocycles. The van der Waals surface area contributed by atoms with Crippen molar-refractivity contribution in [3.8, 4) is 22.8 Å². The molecule has 157 valence electrons. The monoisotopic (exact) mass is 585 g/mol. The van der Waals surface area contributed by atoms with Crippen molar-refractivity contribution in [1.82, 2.24) is 24.3 Å². The first kappa shape index (κ1) is 21.2. The molecular formula is C25H22IrN5-. The van der Waals surface area contributed by atoms with Gasteiger partial charge in [0.25, 0.3) is 0 Å². The molecular weight excluding hydrogens is 563 g/mol. The van der Waals surface area contributed by atoms with Crippen LogP contribution in [0.3, 0.4) is 0 Å². The van der Waals surface area contributed by atoms with Crippen LogP contribution in [-0.4, -0.2) is 24.3 Å². The predicted octanol–water partition coefficient (Wildman–Crippen LogP) is 5.30. The zero-order chi connectivity index (χ0) is 20.8. The third kappa shape index (κ3) is 3.62. The van der Waals surface area contributed by atoms with E-state index in [0.717, 1.165) is 39.6 Å². The zero-order valence-corrected chi connectivity index (χ0v) is 20.2. The summed E-state index contributed by atoms with van der Waals surface area (Å²) in [5.41, 5.74) is 8.65. The Kier molecular flexibility index (Phi) is 5.61. The van der Waals surface area contributed by atoms with E-state index in [1.165, 1.54) is 16.7 Å². The number of imidazole rings is 1. The fourth-order valence-electron chi connectivity index (χ4n) is 4.31. The van der Waals surface area contributed by atoms with Gasteiger partial charge in [0.2, 0.25) is 0 Å². The van der Waals surface area contributed by atoms with Gasteiger partial charge >= 0.3 is 0 Å². The molecule has 0 aliphatic heterocycles. The van der Waals surface area contributed by atoms with Gasteiger partial charge in [-0.1, -0.05) is 35.9 Å². The van der Waals surface area contributed by atoms with Crippen LogP contribution in [0.5, 0.6) is 0 Å². The number of nitrogens with zero attached hydrogens (tertiary/aromatic N) is 5. The van der Waals surface area contributed by atoms with E-state index in [0.29, 0.717) is 0 Å². The SMILES string of the molecule is Cc1cc(C)c(-n2cnnc2-c2[c-]cc3c(c2)nc(C)n3-c2ccccc2)c(C)c1.[Ir]. The molecule has 0 saturated carbocycles. The summed E-state index contributed by atoms with van der Waals surface area (Å²) in [7, 11) is 0. The Labute approximate surface area is 195 Å². The number of rotatable bonds is 3. The second kappa shape index (κ2) is 8.22. The third-order valence-electron chi connectivity index (χ3n) is 5.43. The number of aromatic nitrogens is 5. The second-order valence-corrected chi connectivity index (χ2v) is 7.72. The first-order chi connectivity index (χ1) is 14.5. The minimum absolute atomic E-state index is 0. The molecule has 0 N–H and O–H groups in total. The molecule has 0 saturated heterocycles. The van der Waals surface area contributed by atoms with Gasteiger partial charge in [-0.15, -0.1) is 28.9 Å². The van der Waals surface area contributed by atoms with Crippen LogP contribution in [-0.2, 0) is 20.1 Å². The second-order valence-electron chi connectivity index (χ2n) is 7.72. The van der Waals surface area contributed by atoms with Crippen LogP contribution >= 0.6 is 0 Å². The van der Waals surface area contributed by atoms with Crippen molar-refractivity contribution in [3.05, 3.63) is 89.5 Å². The van der Waals surface area contributed by atoms with E-state index in [1.807, 2.05) is 41.8 Å². The summed E-state index contributed by atoms with van der Waals surface area (Å²) in [5.74, 6) is 1.70. The van der Waals surface area contributed by atoms with E-state index in [1.54, 1.807) is 6.33 Å². The molecule has 0 aliphatic carbocycles. The average molecular weight is 585 g/mol. The van der Waals surface area contributed by atoms with Gasteiger partial charge in [0, 0.05) is 37.0 Å². The summed E-state index contributed by atoms with van der Waals surface area (Å²) in [6.45, 7) is 8.38. The van der Waals surface area contributed by atoms with Crippen molar-refractivity contribution in [2.45, 2.75) is 27.7 Å². The van der Waals surface area contributed by atoms with E-state index in [4.69, 9.17) is 4.98 Å². The number of benzene rings is 3. The normalized spacial score (nSPS) is 11.0. The van der Waals surface area contributed by atoms with Crippen molar-refractivity contribution in [3.63, 3.8) is 0 Å². The van der Waals surface area contributed by atoms with Gasteiger partial charge < -0.3 is 9.13 Å². The number of para-hydroxylation sites is 1. The van der Waals surface area contributed by atoms with Crippen molar-refractivity contribution in [2.75, 3.05) is 0 Å². The Morgan fingerprint density at radius 2 is 1.61 bits per heavy atom. The van der Waals surface area contributed by atoms with Crippen LogP contribution in [0.15, 0.2) is 60.9 Å². The summed E-state index contributed by atoms with van der Waals surface area (Å²) >= 11 is 0. The largest absolute Gasteiger partial charge is 0.338 e. The van der Waals surface area contributed by atoms with E-state index in [2.05, 4.69) is 65.9 Å². The molecule has 0 fully saturated rings. The predicted molar refractivity (Wildman–Crippen MR) is 119 cm³/mol. The van der Waals surface area contributed by atoms with E-state index in [9.17, 15) is 0 Å². The van der Waals surface area contributed by atoms with Gasteiger partial charge in [-0.3, -0.25) is 4.98 Å². The van der Waals surface area contributed by atoms with Gasteiger partial charge in [0.05, 0.1) is 5.82 Å². The Balaban J connectivity index is 0.00000231. The molecule has 5 rings (SSSR count). The van der Waals surface area contributed by atoms with E-state index in [-0.39, 0.29) is 20.1 Å². The van der Waals surface area contributed by atoms with Crippen LogP contribution in [0.25, 0.3) is 33.8 Å². The maximum Gasteiger partial charge on any atom is 0.114 e. The third-order valence-corrected chi connectivity index (χ3v) is 5.43. The van der Waals surface area contributed by atoms with Gasteiger partial charge in [-0.05, 0) is 56.5 Å². The van der Waals surface area contributed by atoms with Crippen LogP contribution in [0.4, 0.5) is 0 Å². The number of aryl methyl sites for hydroxylation is 4. The Morgan fingerprint density at radius 3 is 2.32 bits per heavy atom. The number of fused-ring (bicyclic) bond motifs is 1. The molecule has 3 aromatic carbocycles. The maximum absolute atomic E-state index is 4.79. The Hall–Kier alpha value is -3.08. The first-order valence-electron chi connectivity index (χ1n) is 9.98. The number of hydrogen-bond donors (Lipinski definition) is 0. The number of hydrogen-bond acceptors (Lipinski definition) is 3. The average Bonchev–Trinajstić information content (AvgIpc) is 3.31. The molecule has 5 aromatic rings. The summed E-state index contributed by atoms with van der Waals surface area (Å²) in [6.07, 6.45) is 1.77. The molecule has 1 radical (unpaired) electrons. The minimum Gasteiger partial charge on any atom is -0.338 e. The molecule has 0 bridgehead atoms. The molecule has 0 amide bonds. The summed E-state index contributed by atoms with van der Waals surface area (Å²) in [6, 6.07) is 22.1. The van der Waals surface area contributed by atoms with Crippen LogP contribution in [0.2, 0.25) is 0 Å². The summed E-state index contributed by atoms with van der Waals surface area (Å²) in [5, 5.41) is 8.61. The zero-order valence-electron chi connectivity index (χ0n) is 17.8.